The highest BCUT2D eigenvalue weighted by Crippen LogP contribution is 2.15. The van der Waals surface area contributed by atoms with E-state index in [2.05, 4.69) is 10.3 Å². The van der Waals surface area contributed by atoms with E-state index in [-0.39, 0.29) is 17.9 Å². The standard InChI is InChI=1S/C22H25N3O4/c1-14-18(15(2)25-22(28)19(14)13-23)9-10-20(26)29-16(3)21(27)24-12-11-17-7-5-4-6-8-17/h4-8,16H,9-12H2,1-3H3,(H,24,27)(H,25,28). The van der Waals surface area contributed by atoms with E-state index in [9.17, 15) is 14.4 Å². The molecule has 1 aromatic heterocycles. The van der Waals surface area contributed by atoms with Gasteiger partial charge in [0.15, 0.2) is 6.10 Å². The van der Waals surface area contributed by atoms with Gasteiger partial charge in [0.1, 0.15) is 11.6 Å². The fourth-order valence-electron chi connectivity index (χ4n) is 3.08. The van der Waals surface area contributed by atoms with E-state index in [1.54, 1.807) is 13.8 Å². The molecule has 2 rings (SSSR count). The van der Waals surface area contributed by atoms with Gasteiger partial charge in [0.05, 0.1) is 0 Å². The minimum atomic E-state index is -0.897. The number of nitrogens with one attached hydrogen (secondary N) is 2. The SMILES string of the molecule is Cc1[nH]c(=O)c(C#N)c(C)c1CCC(=O)OC(C)C(=O)NCCc1ccccc1. The summed E-state index contributed by atoms with van der Waals surface area (Å²) in [4.78, 5) is 38.6. The lowest BCUT2D eigenvalue weighted by atomic mass is 9.99. The van der Waals surface area contributed by atoms with E-state index >= 15 is 0 Å². The van der Waals surface area contributed by atoms with Crippen LogP contribution >= 0.6 is 0 Å². The number of ether oxygens (including phenoxy) is 1. The number of aromatic amines is 1. The van der Waals surface area contributed by atoms with Gasteiger partial charge in [-0.2, -0.15) is 5.26 Å². The van der Waals surface area contributed by atoms with Gasteiger partial charge in [0.25, 0.3) is 11.5 Å². The maximum atomic E-state index is 12.1. The topological polar surface area (TPSA) is 112 Å². The number of H-pyrrole nitrogens is 1. The molecule has 0 aliphatic heterocycles. The second kappa shape index (κ2) is 10.2. The van der Waals surface area contributed by atoms with Crippen LogP contribution in [0.3, 0.4) is 0 Å². The Morgan fingerprint density at radius 3 is 2.55 bits per heavy atom. The molecule has 0 fully saturated rings. The van der Waals surface area contributed by atoms with Crippen molar-refractivity contribution in [2.75, 3.05) is 6.54 Å². The monoisotopic (exact) mass is 395 g/mol. The summed E-state index contributed by atoms with van der Waals surface area (Å²) in [6.45, 7) is 5.39. The number of pyridine rings is 1. The Morgan fingerprint density at radius 1 is 1.21 bits per heavy atom. The molecule has 0 bridgehead atoms. The summed E-state index contributed by atoms with van der Waals surface area (Å²) in [6, 6.07) is 11.7. The summed E-state index contributed by atoms with van der Waals surface area (Å²) in [7, 11) is 0. The molecular weight excluding hydrogens is 370 g/mol. The molecular formula is C22H25N3O4. The minimum absolute atomic E-state index is 0.0419. The Kier molecular flexibility index (Phi) is 7.72. The molecule has 29 heavy (non-hydrogen) atoms. The van der Waals surface area contributed by atoms with Crippen molar-refractivity contribution in [2.24, 2.45) is 0 Å². The van der Waals surface area contributed by atoms with Crippen molar-refractivity contribution < 1.29 is 14.3 Å². The molecule has 0 saturated carbocycles. The van der Waals surface area contributed by atoms with Crippen LogP contribution in [0.15, 0.2) is 35.1 Å². The molecule has 1 atom stereocenters. The van der Waals surface area contributed by atoms with Gasteiger partial charge in [-0.1, -0.05) is 30.3 Å². The maximum Gasteiger partial charge on any atom is 0.306 e. The van der Waals surface area contributed by atoms with E-state index in [0.29, 0.717) is 30.6 Å². The molecule has 152 valence electrons. The number of benzene rings is 1. The van der Waals surface area contributed by atoms with E-state index in [1.807, 2.05) is 36.4 Å². The number of hydrogen-bond donors (Lipinski definition) is 2. The van der Waals surface area contributed by atoms with Crippen LogP contribution in [0.4, 0.5) is 0 Å². The van der Waals surface area contributed by atoms with Crippen molar-refractivity contribution in [2.45, 2.75) is 46.1 Å². The molecule has 0 spiro atoms. The Morgan fingerprint density at radius 2 is 1.90 bits per heavy atom. The van der Waals surface area contributed by atoms with Crippen molar-refractivity contribution in [3.05, 3.63) is 68.6 Å². The molecule has 1 unspecified atom stereocenters. The zero-order valence-electron chi connectivity index (χ0n) is 16.9. The number of aromatic nitrogens is 1. The molecule has 1 aromatic carbocycles. The highest BCUT2D eigenvalue weighted by atomic mass is 16.5. The predicted molar refractivity (Wildman–Crippen MR) is 108 cm³/mol. The Hall–Kier alpha value is -3.40. The number of nitrogens with zero attached hydrogens (tertiary/aromatic N) is 1. The molecule has 0 radical (unpaired) electrons. The fourth-order valence-corrected chi connectivity index (χ4v) is 3.08. The van der Waals surface area contributed by atoms with Gasteiger partial charge in [0.2, 0.25) is 0 Å². The van der Waals surface area contributed by atoms with Crippen molar-refractivity contribution >= 4 is 11.9 Å². The Bertz CT molecular complexity index is 974. The van der Waals surface area contributed by atoms with Gasteiger partial charge >= 0.3 is 5.97 Å². The second-order valence-corrected chi connectivity index (χ2v) is 6.83. The highest BCUT2D eigenvalue weighted by Gasteiger charge is 2.19. The average Bonchev–Trinajstić information content (AvgIpc) is 2.68. The van der Waals surface area contributed by atoms with Crippen molar-refractivity contribution in [1.29, 1.82) is 5.26 Å². The lowest BCUT2D eigenvalue weighted by molar-refractivity contribution is -0.154. The van der Waals surface area contributed by atoms with E-state index in [0.717, 1.165) is 11.1 Å². The van der Waals surface area contributed by atoms with Crippen LogP contribution in [-0.4, -0.2) is 29.5 Å². The first-order valence-corrected chi connectivity index (χ1v) is 9.47. The molecule has 0 aliphatic rings. The molecule has 2 N–H and O–H groups in total. The first kappa shape index (κ1) is 21.9. The van der Waals surface area contributed by atoms with Crippen LogP contribution in [-0.2, 0) is 27.2 Å². The van der Waals surface area contributed by atoms with Crippen molar-refractivity contribution in [3.8, 4) is 6.07 Å². The molecule has 7 heteroatoms. The van der Waals surface area contributed by atoms with Crippen molar-refractivity contribution in [3.63, 3.8) is 0 Å². The molecule has 2 aromatic rings. The van der Waals surface area contributed by atoms with Crippen LogP contribution in [0.25, 0.3) is 0 Å². The minimum Gasteiger partial charge on any atom is -0.453 e. The number of amides is 1. The Balaban J connectivity index is 1.84. The van der Waals surface area contributed by atoms with Crippen molar-refractivity contribution in [1.82, 2.24) is 10.3 Å². The number of esters is 1. The molecule has 1 amide bonds. The van der Waals surface area contributed by atoms with Gasteiger partial charge < -0.3 is 15.0 Å². The van der Waals surface area contributed by atoms with Gasteiger partial charge in [-0.25, -0.2) is 0 Å². The van der Waals surface area contributed by atoms with Gasteiger partial charge in [-0.3, -0.25) is 14.4 Å². The summed E-state index contributed by atoms with van der Waals surface area (Å²) in [6.07, 6.45) is 0.148. The fraction of sp³-hybridized carbons (Fsp3) is 0.364. The Labute approximate surface area is 169 Å². The molecule has 7 nitrogen and oxygen atoms in total. The normalized spacial score (nSPS) is 11.4. The number of carbonyl (C=O) groups excluding carboxylic acids is 2. The van der Waals surface area contributed by atoms with Crippen LogP contribution in [0.1, 0.15) is 41.3 Å². The average molecular weight is 395 g/mol. The molecule has 0 saturated heterocycles. The highest BCUT2D eigenvalue weighted by molar-refractivity contribution is 5.83. The molecule has 1 heterocycles. The van der Waals surface area contributed by atoms with E-state index in [4.69, 9.17) is 10.00 Å². The maximum absolute atomic E-state index is 12.1. The summed E-state index contributed by atoms with van der Waals surface area (Å²) >= 11 is 0. The van der Waals surface area contributed by atoms with Crippen LogP contribution in [0, 0.1) is 25.2 Å². The summed E-state index contributed by atoms with van der Waals surface area (Å²) in [5.41, 5.74) is 2.64. The third kappa shape index (κ3) is 6.04. The number of nitriles is 1. The molecule has 0 aliphatic carbocycles. The third-order valence-corrected chi connectivity index (χ3v) is 4.73. The summed E-state index contributed by atoms with van der Waals surface area (Å²) < 4.78 is 5.21. The lowest BCUT2D eigenvalue weighted by Gasteiger charge is -2.14. The largest absolute Gasteiger partial charge is 0.453 e. The first-order chi connectivity index (χ1) is 13.8. The third-order valence-electron chi connectivity index (χ3n) is 4.73. The number of rotatable bonds is 8. The predicted octanol–water partition coefficient (Wildman–Crippen LogP) is 2.09. The number of hydrogen-bond acceptors (Lipinski definition) is 5. The van der Waals surface area contributed by atoms with E-state index < -0.39 is 17.6 Å². The second-order valence-electron chi connectivity index (χ2n) is 6.83. The lowest BCUT2D eigenvalue weighted by Crippen LogP contribution is -2.37. The quantitative estimate of drug-likeness (QED) is 0.665. The van der Waals surface area contributed by atoms with Gasteiger partial charge in [0, 0.05) is 18.7 Å². The smallest absolute Gasteiger partial charge is 0.306 e. The zero-order valence-corrected chi connectivity index (χ0v) is 16.9. The van der Waals surface area contributed by atoms with Crippen LogP contribution < -0.4 is 10.9 Å². The number of carbonyl (C=O) groups is 2. The van der Waals surface area contributed by atoms with Gasteiger partial charge in [-0.05, 0) is 50.3 Å². The zero-order chi connectivity index (χ0) is 21.4. The summed E-state index contributed by atoms with van der Waals surface area (Å²) in [5, 5.41) is 11.9. The van der Waals surface area contributed by atoms with Crippen LogP contribution in [0.2, 0.25) is 0 Å². The van der Waals surface area contributed by atoms with E-state index in [1.165, 1.54) is 6.92 Å². The van der Waals surface area contributed by atoms with Gasteiger partial charge in [-0.15, -0.1) is 0 Å². The van der Waals surface area contributed by atoms with Crippen LogP contribution in [0.5, 0.6) is 0 Å². The summed E-state index contributed by atoms with van der Waals surface area (Å²) in [5.74, 6) is -0.864. The first-order valence-electron chi connectivity index (χ1n) is 9.47. The number of aryl methyl sites for hydroxylation is 1.